The molecule has 20 heavy (non-hydrogen) atoms. The molecule has 0 aliphatic rings. The van der Waals surface area contributed by atoms with E-state index in [1.807, 2.05) is 36.4 Å². The molecule has 0 amide bonds. The predicted molar refractivity (Wildman–Crippen MR) is 76.4 cm³/mol. The third-order valence-electron chi connectivity index (χ3n) is 2.97. The van der Waals surface area contributed by atoms with Crippen LogP contribution in [0.1, 0.15) is 16.7 Å². The summed E-state index contributed by atoms with van der Waals surface area (Å²) in [6, 6.07) is 14.6. The van der Waals surface area contributed by atoms with E-state index in [0.717, 1.165) is 23.2 Å². The van der Waals surface area contributed by atoms with Crippen molar-refractivity contribution in [3.8, 4) is 5.75 Å². The third kappa shape index (κ3) is 4.40. The first-order chi connectivity index (χ1) is 9.63. The molecule has 2 aromatic rings. The Labute approximate surface area is 117 Å². The van der Waals surface area contributed by atoms with E-state index in [1.54, 1.807) is 12.1 Å². The van der Waals surface area contributed by atoms with Gasteiger partial charge in [-0.2, -0.15) is 0 Å². The molecule has 2 rings (SSSR count). The minimum absolute atomic E-state index is 0.0568. The molecular weight excluding hydrogens is 254 g/mol. The molecule has 0 fully saturated rings. The fourth-order valence-electron chi connectivity index (χ4n) is 1.91. The fourth-order valence-corrected chi connectivity index (χ4v) is 1.91. The Morgan fingerprint density at radius 3 is 1.80 bits per heavy atom. The van der Waals surface area contributed by atoms with Gasteiger partial charge in [-0.15, -0.1) is 0 Å². The molecule has 0 unspecified atom stereocenters. The standard InChI is InChI=1S/C16H17NO3/c18-15-7-5-14(6-8-15)11-17-10-13-3-1-12(2-4-13)9-16(19)20/h1-8,17-18H,9-11H2,(H,19,20). The van der Waals surface area contributed by atoms with E-state index in [9.17, 15) is 9.90 Å². The molecule has 0 radical (unpaired) electrons. The van der Waals surface area contributed by atoms with Crippen molar-refractivity contribution in [1.29, 1.82) is 0 Å². The van der Waals surface area contributed by atoms with Gasteiger partial charge >= 0.3 is 5.97 Å². The van der Waals surface area contributed by atoms with Gasteiger partial charge in [0.2, 0.25) is 0 Å². The summed E-state index contributed by atoms with van der Waals surface area (Å²) in [5, 5.41) is 21.2. The number of carboxylic acid groups (broad SMARTS) is 1. The summed E-state index contributed by atoms with van der Waals surface area (Å²) in [7, 11) is 0. The fraction of sp³-hybridized carbons (Fsp3) is 0.188. The smallest absolute Gasteiger partial charge is 0.307 e. The number of benzene rings is 2. The van der Waals surface area contributed by atoms with Crippen molar-refractivity contribution in [2.45, 2.75) is 19.5 Å². The predicted octanol–water partition coefficient (Wildman–Crippen LogP) is 2.31. The van der Waals surface area contributed by atoms with E-state index in [2.05, 4.69) is 5.32 Å². The number of rotatable bonds is 6. The van der Waals surface area contributed by atoms with Gasteiger partial charge in [-0.1, -0.05) is 36.4 Å². The molecule has 0 aliphatic carbocycles. The van der Waals surface area contributed by atoms with Gasteiger partial charge in [0.15, 0.2) is 0 Å². The van der Waals surface area contributed by atoms with Crippen LogP contribution in [0.3, 0.4) is 0 Å². The van der Waals surface area contributed by atoms with Gasteiger partial charge < -0.3 is 15.5 Å². The molecule has 2 aromatic carbocycles. The molecule has 0 heterocycles. The lowest BCUT2D eigenvalue weighted by Gasteiger charge is -2.06. The molecule has 0 aliphatic heterocycles. The first-order valence-corrected chi connectivity index (χ1v) is 6.42. The minimum Gasteiger partial charge on any atom is -0.508 e. The lowest BCUT2D eigenvalue weighted by molar-refractivity contribution is -0.136. The number of carbonyl (C=O) groups is 1. The van der Waals surface area contributed by atoms with Gasteiger partial charge in [0.25, 0.3) is 0 Å². The van der Waals surface area contributed by atoms with E-state index in [1.165, 1.54) is 0 Å². The number of nitrogens with one attached hydrogen (secondary N) is 1. The first-order valence-electron chi connectivity index (χ1n) is 6.42. The van der Waals surface area contributed by atoms with Crippen molar-refractivity contribution in [2.24, 2.45) is 0 Å². The Balaban J connectivity index is 1.82. The van der Waals surface area contributed by atoms with Crippen molar-refractivity contribution in [1.82, 2.24) is 5.32 Å². The zero-order valence-corrected chi connectivity index (χ0v) is 11.0. The van der Waals surface area contributed by atoms with E-state index in [4.69, 9.17) is 5.11 Å². The highest BCUT2D eigenvalue weighted by Crippen LogP contribution is 2.10. The Hall–Kier alpha value is -2.33. The molecule has 0 atom stereocenters. The first kappa shape index (κ1) is 14.1. The number of phenols is 1. The Kier molecular flexibility index (Phi) is 4.74. The van der Waals surface area contributed by atoms with Gasteiger partial charge in [-0.3, -0.25) is 4.79 Å². The largest absolute Gasteiger partial charge is 0.508 e. The summed E-state index contributed by atoms with van der Waals surface area (Å²) in [4.78, 5) is 10.6. The molecule has 0 saturated carbocycles. The van der Waals surface area contributed by atoms with Crippen LogP contribution in [-0.4, -0.2) is 16.2 Å². The SMILES string of the molecule is O=C(O)Cc1ccc(CNCc2ccc(O)cc2)cc1. The van der Waals surface area contributed by atoms with E-state index in [0.29, 0.717) is 6.54 Å². The van der Waals surface area contributed by atoms with Gasteiger partial charge in [0.05, 0.1) is 6.42 Å². The van der Waals surface area contributed by atoms with Gasteiger partial charge in [0, 0.05) is 13.1 Å². The maximum Gasteiger partial charge on any atom is 0.307 e. The highest BCUT2D eigenvalue weighted by molar-refractivity contribution is 5.70. The number of hydrogen-bond acceptors (Lipinski definition) is 3. The lowest BCUT2D eigenvalue weighted by atomic mass is 10.1. The molecule has 0 aromatic heterocycles. The lowest BCUT2D eigenvalue weighted by Crippen LogP contribution is -2.12. The quantitative estimate of drug-likeness (QED) is 0.754. The average Bonchev–Trinajstić information content (AvgIpc) is 2.42. The number of aromatic hydroxyl groups is 1. The maximum absolute atomic E-state index is 10.6. The van der Waals surface area contributed by atoms with Crippen LogP contribution in [0.4, 0.5) is 0 Å². The van der Waals surface area contributed by atoms with Crippen LogP contribution in [0.2, 0.25) is 0 Å². The molecule has 0 spiro atoms. The summed E-state index contributed by atoms with van der Waals surface area (Å²) >= 11 is 0. The zero-order valence-electron chi connectivity index (χ0n) is 11.0. The number of hydrogen-bond donors (Lipinski definition) is 3. The Bertz CT molecular complexity index is 561. The summed E-state index contributed by atoms with van der Waals surface area (Å²) in [6.45, 7) is 1.44. The summed E-state index contributed by atoms with van der Waals surface area (Å²) in [5.41, 5.74) is 3.02. The second kappa shape index (κ2) is 6.73. The minimum atomic E-state index is -0.816. The van der Waals surface area contributed by atoms with Crippen LogP contribution < -0.4 is 5.32 Å². The monoisotopic (exact) mass is 271 g/mol. The highest BCUT2D eigenvalue weighted by atomic mass is 16.4. The number of aliphatic carboxylic acids is 1. The second-order valence-corrected chi connectivity index (χ2v) is 4.66. The maximum atomic E-state index is 10.6. The van der Waals surface area contributed by atoms with Crippen LogP contribution in [0.25, 0.3) is 0 Å². The molecule has 3 N–H and O–H groups in total. The van der Waals surface area contributed by atoms with Crippen LogP contribution in [-0.2, 0) is 24.3 Å². The Morgan fingerprint density at radius 1 is 0.850 bits per heavy atom. The van der Waals surface area contributed by atoms with Crippen LogP contribution >= 0.6 is 0 Å². The topological polar surface area (TPSA) is 69.6 Å². The van der Waals surface area contributed by atoms with Gasteiger partial charge in [0.1, 0.15) is 5.75 Å². The van der Waals surface area contributed by atoms with Crippen molar-refractivity contribution in [3.05, 3.63) is 65.2 Å². The normalized spacial score (nSPS) is 10.4. The molecule has 4 nitrogen and oxygen atoms in total. The summed E-state index contributed by atoms with van der Waals surface area (Å²) < 4.78 is 0. The van der Waals surface area contributed by atoms with Crippen LogP contribution in [0.5, 0.6) is 5.75 Å². The van der Waals surface area contributed by atoms with Gasteiger partial charge in [-0.05, 0) is 28.8 Å². The van der Waals surface area contributed by atoms with Crippen molar-refractivity contribution >= 4 is 5.97 Å². The zero-order chi connectivity index (χ0) is 14.4. The van der Waals surface area contributed by atoms with Crippen LogP contribution in [0.15, 0.2) is 48.5 Å². The third-order valence-corrected chi connectivity index (χ3v) is 2.97. The number of phenolic OH excluding ortho intramolecular Hbond substituents is 1. The van der Waals surface area contributed by atoms with Crippen LogP contribution in [0, 0.1) is 0 Å². The number of carboxylic acids is 1. The van der Waals surface area contributed by atoms with E-state index in [-0.39, 0.29) is 12.2 Å². The average molecular weight is 271 g/mol. The molecular formula is C16H17NO3. The van der Waals surface area contributed by atoms with Crippen molar-refractivity contribution in [3.63, 3.8) is 0 Å². The molecule has 0 bridgehead atoms. The van der Waals surface area contributed by atoms with Gasteiger partial charge in [-0.25, -0.2) is 0 Å². The molecule has 104 valence electrons. The summed E-state index contributed by atoms with van der Waals surface area (Å²) in [6.07, 6.45) is 0.0568. The van der Waals surface area contributed by atoms with E-state index >= 15 is 0 Å². The Morgan fingerprint density at radius 2 is 1.30 bits per heavy atom. The molecule has 0 saturated heterocycles. The van der Waals surface area contributed by atoms with Crippen molar-refractivity contribution in [2.75, 3.05) is 0 Å². The molecule has 4 heteroatoms. The van der Waals surface area contributed by atoms with E-state index < -0.39 is 5.97 Å². The second-order valence-electron chi connectivity index (χ2n) is 4.66. The van der Waals surface area contributed by atoms with Crippen molar-refractivity contribution < 1.29 is 15.0 Å². The summed E-state index contributed by atoms with van der Waals surface area (Å²) in [5.74, 6) is -0.550. The highest BCUT2D eigenvalue weighted by Gasteiger charge is 2.00.